The monoisotopic (exact) mass is 309 g/mol. The summed E-state index contributed by atoms with van der Waals surface area (Å²) in [5, 5.41) is 3.61. The Hall–Kier alpha value is -1.13. The van der Waals surface area contributed by atoms with Crippen molar-refractivity contribution >= 4 is 33.1 Å². The number of rotatable bonds is 1. The molecule has 1 aromatic rings. The van der Waals surface area contributed by atoms with E-state index >= 15 is 0 Å². The predicted molar refractivity (Wildman–Crippen MR) is 71.5 cm³/mol. The van der Waals surface area contributed by atoms with E-state index in [-0.39, 0.29) is 5.28 Å². The molecule has 2 aliphatic rings. The van der Waals surface area contributed by atoms with Gasteiger partial charge in [-0.2, -0.15) is 0 Å². The zero-order valence-corrected chi connectivity index (χ0v) is 11.2. The van der Waals surface area contributed by atoms with Crippen molar-refractivity contribution in [1.82, 2.24) is 15.3 Å². The third kappa shape index (κ3) is 1.91. The molecule has 0 saturated heterocycles. The molecule has 1 atom stereocenters. The first-order valence-corrected chi connectivity index (χ1v) is 6.44. The molecule has 0 radical (unpaired) electrons. The normalized spacial score (nSPS) is 21.6. The molecule has 0 spiro atoms. The summed E-state index contributed by atoms with van der Waals surface area (Å²) >= 11 is 9.31. The van der Waals surface area contributed by atoms with E-state index in [0.717, 1.165) is 22.2 Å². The van der Waals surface area contributed by atoms with Gasteiger partial charge in [-0.15, -0.1) is 0 Å². The van der Waals surface area contributed by atoms with Gasteiger partial charge in [-0.1, -0.05) is 18.2 Å². The van der Waals surface area contributed by atoms with E-state index in [1.807, 2.05) is 6.20 Å². The number of nitrogens with zero attached hydrogens (tertiary/aromatic N) is 2. The van der Waals surface area contributed by atoms with Crippen LogP contribution in [0.3, 0.4) is 0 Å². The molecule has 2 heterocycles. The van der Waals surface area contributed by atoms with Gasteiger partial charge >= 0.3 is 0 Å². The first-order chi connectivity index (χ1) is 8.25. The maximum atomic E-state index is 5.85. The average Bonchev–Trinajstić information content (AvgIpc) is 2.76. The summed E-state index contributed by atoms with van der Waals surface area (Å²) in [5.74, 6) is 0. The number of halogens is 2. The van der Waals surface area contributed by atoms with Crippen LogP contribution in [0.25, 0.3) is 5.57 Å². The molecule has 0 bridgehead atoms. The zero-order chi connectivity index (χ0) is 11.8. The van der Waals surface area contributed by atoms with Crippen molar-refractivity contribution in [2.45, 2.75) is 12.5 Å². The fourth-order valence-corrected chi connectivity index (χ4v) is 2.61. The van der Waals surface area contributed by atoms with E-state index in [1.54, 1.807) is 6.20 Å². The highest BCUT2D eigenvalue weighted by molar-refractivity contribution is 9.10. The average molecular weight is 311 g/mol. The van der Waals surface area contributed by atoms with Crippen LogP contribution >= 0.6 is 27.5 Å². The van der Waals surface area contributed by atoms with Crippen molar-refractivity contribution in [3.8, 4) is 0 Å². The first kappa shape index (κ1) is 11.0. The van der Waals surface area contributed by atoms with Crippen LogP contribution < -0.4 is 5.32 Å². The summed E-state index contributed by atoms with van der Waals surface area (Å²) in [6.45, 7) is 0. The third-order valence-electron chi connectivity index (χ3n) is 2.87. The van der Waals surface area contributed by atoms with Crippen LogP contribution in [0.5, 0.6) is 0 Å². The van der Waals surface area contributed by atoms with Crippen LogP contribution in [0.2, 0.25) is 5.28 Å². The van der Waals surface area contributed by atoms with Gasteiger partial charge in [-0.25, -0.2) is 9.97 Å². The molecule has 3 rings (SSSR count). The molecule has 1 aliphatic carbocycles. The molecular weight excluding hydrogens is 302 g/mol. The van der Waals surface area contributed by atoms with Gasteiger partial charge in [0.05, 0.1) is 16.2 Å². The number of aromatic nitrogens is 2. The van der Waals surface area contributed by atoms with Crippen LogP contribution in [0.15, 0.2) is 40.7 Å². The van der Waals surface area contributed by atoms with Crippen LogP contribution in [0.4, 0.5) is 0 Å². The molecule has 3 nitrogen and oxygen atoms in total. The van der Waals surface area contributed by atoms with Crippen molar-refractivity contribution in [1.29, 1.82) is 0 Å². The van der Waals surface area contributed by atoms with Gasteiger partial charge in [0, 0.05) is 18.0 Å². The van der Waals surface area contributed by atoms with Crippen molar-refractivity contribution in [2.24, 2.45) is 0 Å². The molecule has 17 heavy (non-hydrogen) atoms. The highest BCUT2D eigenvalue weighted by Crippen LogP contribution is 2.35. The Bertz CT molecular complexity index is 563. The Labute approximate surface area is 112 Å². The molecule has 1 N–H and O–H groups in total. The molecule has 5 heteroatoms. The second-order valence-corrected chi connectivity index (χ2v) is 5.09. The van der Waals surface area contributed by atoms with Gasteiger partial charge in [-0.05, 0) is 39.5 Å². The molecule has 1 unspecified atom stereocenters. The summed E-state index contributed by atoms with van der Waals surface area (Å²) in [4.78, 5) is 8.22. The lowest BCUT2D eigenvalue weighted by Gasteiger charge is -2.16. The van der Waals surface area contributed by atoms with Crippen LogP contribution in [-0.4, -0.2) is 16.0 Å². The molecule has 0 fully saturated rings. The van der Waals surface area contributed by atoms with Gasteiger partial charge < -0.3 is 5.32 Å². The minimum atomic E-state index is 0.263. The molecule has 86 valence electrons. The van der Waals surface area contributed by atoms with Crippen molar-refractivity contribution in [3.63, 3.8) is 0 Å². The van der Waals surface area contributed by atoms with Gasteiger partial charge in [0.1, 0.15) is 0 Å². The van der Waals surface area contributed by atoms with Crippen LogP contribution in [-0.2, 0) is 0 Å². The number of fused-ring (bicyclic) bond motifs is 1. The minimum absolute atomic E-state index is 0.263. The van der Waals surface area contributed by atoms with E-state index in [2.05, 4.69) is 49.4 Å². The quantitative estimate of drug-likeness (QED) is 0.810. The van der Waals surface area contributed by atoms with Crippen molar-refractivity contribution in [3.05, 3.63) is 51.6 Å². The second-order valence-electron chi connectivity index (χ2n) is 3.90. The Morgan fingerprint density at radius 3 is 3.24 bits per heavy atom. The Morgan fingerprint density at radius 1 is 1.47 bits per heavy atom. The maximum Gasteiger partial charge on any atom is 0.222 e. The molecule has 0 saturated carbocycles. The molecule has 0 aromatic carbocycles. The first-order valence-electron chi connectivity index (χ1n) is 5.27. The molecule has 1 aliphatic heterocycles. The fourth-order valence-electron chi connectivity index (χ4n) is 2.07. The molecule has 1 aromatic heterocycles. The van der Waals surface area contributed by atoms with Crippen LogP contribution in [0.1, 0.15) is 12.1 Å². The van der Waals surface area contributed by atoms with E-state index in [1.165, 1.54) is 5.57 Å². The Kier molecular flexibility index (Phi) is 2.76. The number of hydrogen-bond donors (Lipinski definition) is 1. The lowest BCUT2D eigenvalue weighted by molar-refractivity contribution is 0.709. The largest absolute Gasteiger partial charge is 0.383 e. The standard InChI is InChI=1S/C12H9BrClN3/c13-9-6-16-12(14)17-11(9)8-5-15-10-4-2-1-3-7(8)10/h1-3,5-6,10,15H,4H2. The maximum absolute atomic E-state index is 5.85. The fraction of sp³-hybridized carbons (Fsp3) is 0.167. The SMILES string of the molecule is Clc1ncc(Br)c(C2=CNC3CC=CC=C23)n1. The summed E-state index contributed by atoms with van der Waals surface area (Å²) in [5.41, 5.74) is 3.17. The van der Waals surface area contributed by atoms with E-state index < -0.39 is 0 Å². The minimum Gasteiger partial charge on any atom is -0.383 e. The summed E-state index contributed by atoms with van der Waals surface area (Å²) in [6, 6.07) is 0.357. The van der Waals surface area contributed by atoms with Crippen molar-refractivity contribution < 1.29 is 0 Å². The highest BCUT2D eigenvalue weighted by atomic mass is 79.9. The van der Waals surface area contributed by atoms with Gasteiger partial charge in [0.2, 0.25) is 5.28 Å². The number of nitrogens with one attached hydrogen (secondary N) is 1. The van der Waals surface area contributed by atoms with Gasteiger partial charge in [0.15, 0.2) is 0 Å². The smallest absolute Gasteiger partial charge is 0.222 e. The zero-order valence-electron chi connectivity index (χ0n) is 8.82. The topological polar surface area (TPSA) is 37.8 Å². The lowest BCUT2D eigenvalue weighted by atomic mass is 9.94. The number of allylic oxidation sites excluding steroid dienone is 2. The van der Waals surface area contributed by atoms with Gasteiger partial charge in [-0.3, -0.25) is 0 Å². The highest BCUT2D eigenvalue weighted by Gasteiger charge is 2.26. The third-order valence-corrected chi connectivity index (χ3v) is 3.63. The summed E-state index contributed by atoms with van der Waals surface area (Å²) < 4.78 is 0.853. The van der Waals surface area contributed by atoms with E-state index in [9.17, 15) is 0 Å². The van der Waals surface area contributed by atoms with Gasteiger partial charge in [0.25, 0.3) is 0 Å². The van der Waals surface area contributed by atoms with E-state index in [4.69, 9.17) is 11.6 Å². The number of hydrogen-bond acceptors (Lipinski definition) is 3. The summed E-state index contributed by atoms with van der Waals surface area (Å²) in [6.07, 6.45) is 11.0. The molecular formula is C12H9BrClN3. The van der Waals surface area contributed by atoms with Crippen LogP contribution in [0, 0.1) is 0 Å². The Balaban J connectivity index is 2.08. The van der Waals surface area contributed by atoms with Crippen molar-refractivity contribution in [2.75, 3.05) is 0 Å². The Morgan fingerprint density at radius 2 is 2.35 bits per heavy atom. The lowest BCUT2D eigenvalue weighted by Crippen LogP contribution is -2.21. The molecule has 0 amide bonds. The van der Waals surface area contributed by atoms with E-state index in [0.29, 0.717) is 6.04 Å². The summed E-state index contributed by atoms with van der Waals surface area (Å²) in [7, 11) is 0. The second kappa shape index (κ2) is 4.27. The predicted octanol–water partition coefficient (Wildman–Crippen LogP) is 3.09.